The topological polar surface area (TPSA) is 103 Å². The SMILES string of the molecule is O=C(O)c1cn[nH]n1.[NH-]c1ccccc1C(F)(F)F. The summed E-state index contributed by atoms with van der Waals surface area (Å²) in [5.74, 6) is -1.07. The van der Waals surface area contributed by atoms with Gasteiger partial charge >= 0.3 is 12.1 Å². The van der Waals surface area contributed by atoms with Gasteiger partial charge in [0.1, 0.15) is 0 Å². The number of benzene rings is 1. The van der Waals surface area contributed by atoms with E-state index in [2.05, 4.69) is 15.4 Å². The minimum absolute atomic E-state index is 0.0648. The van der Waals surface area contributed by atoms with Crippen LogP contribution in [0, 0.1) is 0 Å². The molecule has 0 radical (unpaired) electrons. The summed E-state index contributed by atoms with van der Waals surface area (Å²) >= 11 is 0. The van der Waals surface area contributed by atoms with Gasteiger partial charge in [0.2, 0.25) is 0 Å². The van der Waals surface area contributed by atoms with E-state index in [9.17, 15) is 18.0 Å². The Morgan fingerprint density at radius 2 is 1.95 bits per heavy atom. The summed E-state index contributed by atoms with van der Waals surface area (Å²) in [5, 5.41) is 16.9. The molecule has 0 aliphatic rings. The Labute approximate surface area is 105 Å². The number of aromatic nitrogens is 3. The molecule has 1 heterocycles. The number of aromatic amines is 1. The summed E-state index contributed by atoms with van der Waals surface area (Å²) in [6.07, 6.45) is -3.26. The molecular formula is C10H8F3N4O2-. The van der Waals surface area contributed by atoms with Crippen molar-refractivity contribution in [2.75, 3.05) is 0 Å². The normalized spacial score (nSPS) is 10.5. The van der Waals surface area contributed by atoms with Crippen molar-refractivity contribution in [3.05, 3.63) is 47.5 Å². The predicted molar refractivity (Wildman–Crippen MR) is 58.8 cm³/mol. The maximum atomic E-state index is 11.9. The number of hydrogen-bond donors (Lipinski definition) is 2. The van der Waals surface area contributed by atoms with Crippen molar-refractivity contribution in [1.82, 2.24) is 15.4 Å². The van der Waals surface area contributed by atoms with Crippen molar-refractivity contribution >= 4 is 11.7 Å². The van der Waals surface area contributed by atoms with Gasteiger partial charge in [-0.05, 0) is 0 Å². The van der Waals surface area contributed by atoms with Crippen LogP contribution in [0.25, 0.3) is 5.73 Å². The van der Waals surface area contributed by atoms with Crippen LogP contribution in [0.1, 0.15) is 16.1 Å². The van der Waals surface area contributed by atoms with Gasteiger partial charge in [0.25, 0.3) is 0 Å². The van der Waals surface area contributed by atoms with Gasteiger partial charge in [-0.2, -0.15) is 23.5 Å². The van der Waals surface area contributed by atoms with Crippen molar-refractivity contribution in [2.24, 2.45) is 0 Å². The second-order valence-electron chi connectivity index (χ2n) is 3.20. The van der Waals surface area contributed by atoms with E-state index in [1.165, 1.54) is 12.1 Å². The number of aromatic carboxylic acids is 1. The molecule has 3 N–H and O–H groups in total. The Morgan fingerprint density at radius 1 is 1.32 bits per heavy atom. The maximum Gasteiger partial charge on any atom is 0.415 e. The van der Waals surface area contributed by atoms with Gasteiger partial charge in [-0.25, -0.2) is 4.79 Å². The highest BCUT2D eigenvalue weighted by molar-refractivity contribution is 5.84. The Balaban J connectivity index is 0.000000200. The average molecular weight is 273 g/mol. The van der Waals surface area contributed by atoms with E-state index in [1.807, 2.05) is 0 Å². The summed E-state index contributed by atoms with van der Waals surface area (Å²) < 4.78 is 35.8. The number of H-pyrrole nitrogens is 1. The molecule has 2 rings (SSSR count). The monoisotopic (exact) mass is 273 g/mol. The predicted octanol–water partition coefficient (Wildman–Crippen LogP) is 2.89. The lowest BCUT2D eigenvalue weighted by atomic mass is 10.2. The third-order valence-electron chi connectivity index (χ3n) is 1.87. The second-order valence-corrected chi connectivity index (χ2v) is 3.20. The first-order valence-corrected chi connectivity index (χ1v) is 4.79. The Bertz CT molecular complexity index is 540. The van der Waals surface area contributed by atoms with E-state index >= 15 is 0 Å². The highest BCUT2D eigenvalue weighted by atomic mass is 19.4. The number of carbonyl (C=O) groups is 1. The quantitative estimate of drug-likeness (QED) is 0.833. The van der Waals surface area contributed by atoms with E-state index in [4.69, 9.17) is 10.8 Å². The summed E-state index contributed by atoms with van der Waals surface area (Å²) in [7, 11) is 0. The molecular weight excluding hydrogens is 265 g/mol. The molecule has 0 unspecified atom stereocenters. The zero-order chi connectivity index (χ0) is 14.5. The Morgan fingerprint density at radius 3 is 2.26 bits per heavy atom. The molecule has 102 valence electrons. The third-order valence-corrected chi connectivity index (χ3v) is 1.87. The molecule has 2 aromatic rings. The van der Waals surface area contributed by atoms with E-state index in [0.29, 0.717) is 0 Å². The molecule has 0 saturated carbocycles. The fourth-order valence-corrected chi connectivity index (χ4v) is 1.03. The first kappa shape index (κ1) is 14.5. The van der Waals surface area contributed by atoms with Gasteiger partial charge in [-0.15, -0.1) is 10.8 Å². The van der Waals surface area contributed by atoms with Crippen molar-refractivity contribution in [2.45, 2.75) is 6.18 Å². The molecule has 19 heavy (non-hydrogen) atoms. The first-order chi connectivity index (χ1) is 8.82. The van der Waals surface area contributed by atoms with Gasteiger partial charge in [0, 0.05) is 5.56 Å². The number of nitrogens with one attached hydrogen (secondary N) is 2. The molecule has 0 aliphatic carbocycles. The van der Waals surface area contributed by atoms with Gasteiger partial charge in [-0.3, -0.25) is 0 Å². The van der Waals surface area contributed by atoms with E-state index in [-0.39, 0.29) is 5.69 Å². The number of rotatable bonds is 1. The van der Waals surface area contributed by atoms with E-state index < -0.39 is 23.4 Å². The molecule has 1 aromatic heterocycles. The molecule has 0 amide bonds. The van der Waals surface area contributed by atoms with Crippen LogP contribution in [0.5, 0.6) is 0 Å². The number of hydrogen-bond acceptors (Lipinski definition) is 3. The van der Waals surface area contributed by atoms with E-state index in [0.717, 1.165) is 18.3 Å². The molecule has 0 aliphatic heterocycles. The van der Waals surface area contributed by atoms with Crippen LogP contribution in [0.3, 0.4) is 0 Å². The highest BCUT2D eigenvalue weighted by Gasteiger charge is 2.30. The molecule has 6 nitrogen and oxygen atoms in total. The zero-order valence-electron chi connectivity index (χ0n) is 9.27. The lowest BCUT2D eigenvalue weighted by Crippen LogP contribution is -2.03. The molecule has 1 aromatic carbocycles. The van der Waals surface area contributed by atoms with Crippen LogP contribution in [-0.2, 0) is 6.18 Å². The maximum absolute atomic E-state index is 11.9. The molecule has 0 spiro atoms. The van der Waals surface area contributed by atoms with E-state index in [1.54, 1.807) is 0 Å². The summed E-state index contributed by atoms with van der Waals surface area (Å²) in [5.41, 5.74) is 5.47. The zero-order valence-corrected chi connectivity index (χ0v) is 9.27. The lowest BCUT2D eigenvalue weighted by Gasteiger charge is -2.13. The molecule has 0 atom stereocenters. The Hall–Kier alpha value is -2.58. The fourth-order valence-electron chi connectivity index (χ4n) is 1.03. The van der Waals surface area contributed by atoms with Gasteiger partial charge < -0.3 is 10.8 Å². The lowest BCUT2D eigenvalue weighted by molar-refractivity contribution is -0.136. The van der Waals surface area contributed by atoms with Crippen molar-refractivity contribution in [3.63, 3.8) is 0 Å². The van der Waals surface area contributed by atoms with Crippen LogP contribution >= 0.6 is 0 Å². The fraction of sp³-hybridized carbons (Fsp3) is 0.100. The van der Waals surface area contributed by atoms with Crippen molar-refractivity contribution in [3.8, 4) is 0 Å². The largest absolute Gasteiger partial charge is 0.698 e. The standard InChI is InChI=1S/C7H5F3N.C3H3N3O2/c8-7(9,10)5-3-1-2-4-6(5)11;7-3(8)2-1-4-6-5-2/h1-4,11H;1H,(H,7,8)(H,4,5,6)/q-1;. The van der Waals surface area contributed by atoms with Gasteiger partial charge in [0.05, 0.1) is 6.20 Å². The minimum atomic E-state index is -4.40. The smallest absolute Gasteiger partial charge is 0.415 e. The van der Waals surface area contributed by atoms with Crippen LogP contribution in [0.4, 0.5) is 18.9 Å². The molecule has 0 saturated heterocycles. The number of alkyl halides is 3. The number of halogens is 3. The molecule has 0 fully saturated rings. The van der Waals surface area contributed by atoms with Gasteiger partial charge in [-0.1, -0.05) is 24.3 Å². The first-order valence-electron chi connectivity index (χ1n) is 4.79. The number of carboxylic acid groups (broad SMARTS) is 1. The van der Waals surface area contributed by atoms with Gasteiger partial charge in [0.15, 0.2) is 5.69 Å². The van der Waals surface area contributed by atoms with Crippen molar-refractivity contribution in [1.29, 1.82) is 0 Å². The van der Waals surface area contributed by atoms with Crippen LogP contribution < -0.4 is 0 Å². The average Bonchev–Trinajstić information content (AvgIpc) is 2.82. The minimum Gasteiger partial charge on any atom is -0.698 e. The van der Waals surface area contributed by atoms with Crippen molar-refractivity contribution < 1.29 is 23.1 Å². The summed E-state index contributed by atoms with van der Waals surface area (Å²) in [6, 6.07) is 4.67. The van der Waals surface area contributed by atoms with Crippen LogP contribution in [0.2, 0.25) is 0 Å². The number of nitrogens with zero attached hydrogens (tertiary/aromatic N) is 2. The van der Waals surface area contributed by atoms with Crippen LogP contribution in [-0.4, -0.2) is 26.5 Å². The molecule has 9 heteroatoms. The highest BCUT2D eigenvalue weighted by Crippen LogP contribution is 2.35. The third kappa shape index (κ3) is 4.30. The molecule has 0 bridgehead atoms. The second kappa shape index (κ2) is 5.85. The Kier molecular flexibility index (Phi) is 4.46. The summed E-state index contributed by atoms with van der Waals surface area (Å²) in [6.45, 7) is 0. The summed E-state index contributed by atoms with van der Waals surface area (Å²) in [4.78, 5) is 9.94. The van der Waals surface area contributed by atoms with Crippen LogP contribution in [0.15, 0.2) is 30.5 Å². The number of carboxylic acids is 1.